The molecule has 0 aliphatic heterocycles. The maximum Gasteiger partial charge on any atom is 0.416 e. The Bertz CT molecular complexity index is 544. The molecule has 1 rings (SSSR count). The number of hydrogen-bond donors (Lipinski definition) is 1. The normalized spacial score (nSPS) is 11.0. The summed E-state index contributed by atoms with van der Waals surface area (Å²) in [6.45, 7) is 0.610. The van der Waals surface area contributed by atoms with Gasteiger partial charge in [0.2, 0.25) is 0 Å². The number of ether oxygens (including phenoxy) is 1. The van der Waals surface area contributed by atoms with E-state index in [9.17, 15) is 22.8 Å². The fourth-order valence-corrected chi connectivity index (χ4v) is 1.97. The molecule has 2 amide bonds. The topological polar surface area (TPSA) is 58.6 Å². The Morgan fingerprint density at radius 1 is 1.17 bits per heavy atom. The number of esters is 1. The first kappa shape index (κ1) is 19.8. The lowest BCUT2D eigenvalue weighted by Gasteiger charge is -2.18. The molecule has 0 heterocycles. The van der Waals surface area contributed by atoms with E-state index in [4.69, 9.17) is 0 Å². The average molecular weight is 346 g/mol. The molecular weight excluding hydrogens is 325 g/mol. The first-order chi connectivity index (χ1) is 11.2. The summed E-state index contributed by atoms with van der Waals surface area (Å²) in [7, 11) is 2.88. The summed E-state index contributed by atoms with van der Waals surface area (Å²) in [5, 5.41) is 2.68. The van der Waals surface area contributed by atoms with Crippen molar-refractivity contribution in [2.75, 3.05) is 20.7 Å². The van der Waals surface area contributed by atoms with Crippen LogP contribution in [0.5, 0.6) is 0 Å². The minimum Gasteiger partial charge on any atom is -0.469 e. The summed E-state index contributed by atoms with van der Waals surface area (Å²) >= 11 is 0. The van der Waals surface area contributed by atoms with E-state index in [0.717, 1.165) is 12.1 Å². The van der Waals surface area contributed by atoms with Crippen LogP contribution in [-0.4, -0.2) is 37.6 Å². The van der Waals surface area contributed by atoms with Crippen LogP contribution in [0.3, 0.4) is 0 Å². The minimum atomic E-state index is -4.37. The number of methoxy groups -OCH3 is 1. The predicted molar refractivity (Wildman–Crippen MR) is 82.2 cm³/mol. The van der Waals surface area contributed by atoms with Gasteiger partial charge in [-0.1, -0.05) is 12.1 Å². The van der Waals surface area contributed by atoms with Crippen molar-refractivity contribution in [3.8, 4) is 0 Å². The summed E-state index contributed by atoms with van der Waals surface area (Å²) in [6, 6.07) is 4.36. The van der Waals surface area contributed by atoms with E-state index in [0.29, 0.717) is 31.4 Å². The molecule has 8 heteroatoms. The predicted octanol–water partition coefficient (Wildman–Crippen LogP) is 3.19. The Balaban J connectivity index is 2.35. The zero-order chi connectivity index (χ0) is 18.2. The smallest absolute Gasteiger partial charge is 0.416 e. The molecule has 1 N–H and O–H groups in total. The van der Waals surface area contributed by atoms with E-state index < -0.39 is 11.7 Å². The van der Waals surface area contributed by atoms with Crippen LogP contribution in [0.25, 0.3) is 0 Å². The van der Waals surface area contributed by atoms with E-state index in [1.165, 1.54) is 24.1 Å². The molecule has 0 fully saturated rings. The lowest BCUT2D eigenvalue weighted by molar-refractivity contribution is -0.140. The van der Waals surface area contributed by atoms with Crippen molar-refractivity contribution < 1.29 is 27.5 Å². The number of urea groups is 1. The van der Waals surface area contributed by atoms with Crippen LogP contribution in [0, 0.1) is 0 Å². The van der Waals surface area contributed by atoms with Crippen LogP contribution in [-0.2, 0) is 22.3 Å². The molecule has 0 spiro atoms. The molecule has 1 aromatic rings. The van der Waals surface area contributed by atoms with E-state index in [1.807, 2.05) is 0 Å². The van der Waals surface area contributed by atoms with Crippen molar-refractivity contribution >= 4 is 12.0 Å². The summed E-state index contributed by atoms with van der Waals surface area (Å²) < 4.78 is 42.0. The van der Waals surface area contributed by atoms with Crippen LogP contribution in [0.15, 0.2) is 24.3 Å². The first-order valence-corrected chi connectivity index (χ1v) is 7.46. The summed E-state index contributed by atoms with van der Waals surface area (Å²) in [5.41, 5.74) is -0.115. The van der Waals surface area contributed by atoms with Gasteiger partial charge in [-0.25, -0.2) is 4.79 Å². The van der Waals surface area contributed by atoms with Gasteiger partial charge >= 0.3 is 18.2 Å². The summed E-state index contributed by atoms with van der Waals surface area (Å²) in [5.74, 6) is -0.291. The van der Waals surface area contributed by atoms with Crippen LogP contribution >= 0.6 is 0 Å². The lowest BCUT2D eigenvalue weighted by atomic mass is 10.1. The van der Waals surface area contributed by atoms with Gasteiger partial charge in [0.05, 0.1) is 12.7 Å². The molecule has 0 saturated heterocycles. The van der Waals surface area contributed by atoms with Crippen LogP contribution < -0.4 is 5.32 Å². The van der Waals surface area contributed by atoms with Gasteiger partial charge in [0, 0.05) is 26.6 Å². The Hall–Kier alpha value is -2.25. The van der Waals surface area contributed by atoms with Gasteiger partial charge in [0.15, 0.2) is 0 Å². The third-order valence-electron chi connectivity index (χ3n) is 3.36. The number of alkyl halides is 3. The Labute approximate surface area is 138 Å². The number of benzene rings is 1. The van der Waals surface area contributed by atoms with E-state index in [2.05, 4.69) is 10.1 Å². The van der Waals surface area contributed by atoms with Gasteiger partial charge in [-0.15, -0.1) is 0 Å². The summed E-state index contributed by atoms with van der Waals surface area (Å²) in [4.78, 5) is 24.2. The fraction of sp³-hybridized carbons (Fsp3) is 0.500. The van der Waals surface area contributed by atoms with Gasteiger partial charge in [0.25, 0.3) is 0 Å². The number of carbonyl (C=O) groups is 2. The van der Waals surface area contributed by atoms with E-state index in [-0.39, 0.29) is 18.5 Å². The maximum absolute atomic E-state index is 12.5. The molecule has 0 saturated carbocycles. The number of nitrogens with zero attached hydrogens (tertiary/aromatic N) is 1. The second kappa shape index (κ2) is 9.14. The quantitative estimate of drug-likeness (QED) is 0.609. The second-order valence-electron chi connectivity index (χ2n) is 5.32. The van der Waals surface area contributed by atoms with Gasteiger partial charge < -0.3 is 15.0 Å². The zero-order valence-corrected chi connectivity index (χ0v) is 13.7. The number of unbranched alkanes of at least 4 members (excludes halogenated alkanes) is 1. The Morgan fingerprint density at radius 2 is 1.79 bits per heavy atom. The molecule has 0 bridgehead atoms. The van der Waals surface area contributed by atoms with Crippen molar-refractivity contribution in [2.24, 2.45) is 0 Å². The maximum atomic E-state index is 12.5. The molecule has 134 valence electrons. The number of carbonyl (C=O) groups excluding carboxylic acids is 2. The molecule has 1 aromatic carbocycles. The SMILES string of the molecule is COC(=O)CCCCNC(=O)N(C)Cc1ccc(C(F)(F)F)cc1. The first-order valence-electron chi connectivity index (χ1n) is 7.46. The number of hydrogen-bond acceptors (Lipinski definition) is 3. The van der Waals surface area contributed by atoms with E-state index in [1.54, 1.807) is 7.05 Å². The highest BCUT2D eigenvalue weighted by atomic mass is 19.4. The third-order valence-corrected chi connectivity index (χ3v) is 3.36. The molecule has 0 aromatic heterocycles. The second-order valence-corrected chi connectivity index (χ2v) is 5.32. The molecule has 5 nitrogen and oxygen atoms in total. The number of amides is 2. The highest BCUT2D eigenvalue weighted by Crippen LogP contribution is 2.29. The molecule has 0 aliphatic rings. The van der Waals surface area contributed by atoms with Crippen molar-refractivity contribution in [1.29, 1.82) is 0 Å². The van der Waals surface area contributed by atoms with Crippen LogP contribution in [0.1, 0.15) is 30.4 Å². The van der Waals surface area contributed by atoms with Crippen molar-refractivity contribution in [1.82, 2.24) is 10.2 Å². The highest BCUT2D eigenvalue weighted by molar-refractivity contribution is 5.73. The number of halogens is 3. The van der Waals surface area contributed by atoms with E-state index >= 15 is 0 Å². The van der Waals surface area contributed by atoms with Gasteiger partial charge in [-0.2, -0.15) is 13.2 Å². The summed E-state index contributed by atoms with van der Waals surface area (Å²) in [6.07, 6.45) is -2.83. The highest BCUT2D eigenvalue weighted by Gasteiger charge is 2.29. The number of rotatable bonds is 7. The van der Waals surface area contributed by atoms with Crippen LogP contribution in [0.4, 0.5) is 18.0 Å². The van der Waals surface area contributed by atoms with Crippen LogP contribution in [0.2, 0.25) is 0 Å². The minimum absolute atomic E-state index is 0.201. The van der Waals surface area contributed by atoms with Gasteiger partial charge in [-0.05, 0) is 30.5 Å². The monoisotopic (exact) mass is 346 g/mol. The van der Waals surface area contributed by atoms with Gasteiger partial charge in [-0.3, -0.25) is 4.79 Å². The standard InChI is InChI=1S/C16H21F3N2O3/c1-21(15(23)20-10-4-3-5-14(22)24-2)11-12-6-8-13(9-7-12)16(17,18)19/h6-9H,3-5,10-11H2,1-2H3,(H,20,23). The Kier molecular flexibility index (Phi) is 7.54. The Morgan fingerprint density at radius 3 is 2.33 bits per heavy atom. The largest absolute Gasteiger partial charge is 0.469 e. The average Bonchev–Trinajstić information content (AvgIpc) is 2.53. The molecule has 24 heavy (non-hydrogen) atoms. The van der Waals surface area contributed by atoms with Crippen molar-refractivity contribution in [2.45, 2.75) is 32.0 Å². The fourth-order valence-electron chi connectivity index (χ4n) is 1.97. The third kappa shape index (κ3) is 6.89. The molecule has 0 aliphatic carbocycles. The molecule has 0 unspecified atom stereocenters. The number of nitrogens with one attached hydrogen (secondary N) is 1. The zero-order valence-electron chi connectivity index (χ0n) is 13.7. The molecular formula is C16H21F3N2O3. The lowest BCUT2D eigenvalue weighted by Crippen LogP contribution is -2.37. The van der Waals surface area contributed by atoms with Gasteiger partial charge in [0.1, 0.15) is 0 Å². The molecule has 0 atom stereocenters. The van der Waals surface area contributed by atoms with Crippen molar-refractivity contribution in [3.63, 3.8) is 0 Å². The van der Waals surface area contributed by atoms with Crippen molar-refractivity contribution in [3.05, 3.63) is 35.4 Å². The molecule has 0 radical (unpaired) electrons.